The van der Waals surface area contributed by atoms with Crippen LogP contribution in [0.5, 0.6) is 5.75 Å². The van der Waals surface area contributed by atoms with Crippen LogP contribution in [0.4, 0.5) is 26.3 Å². The van der Waals surface area contributed by atoms with Crippen LogP contribution in [0.15, 0.2) is 83.9 Å². The molecule has 0 amide bonds. The molecule has 0 saturated heterocycles. The van der Waals surface area contributed by atoms with Gasteiger partial charge >= 0.3 is 12.3 Å². The van der Waals surface area contributed by atoms with Gasteiger partial charge in [-0.2, -0.15) is 13.9 Å². The average molecular weight is 698 g/mol. The third-order valence-corrected chi connectivity index (χ3v) is 9.31. The molecular weight excluding hydrogens is 668 g/mol. The highest BCUT2D eigenvalue weighted by Gasteiger charge is 2.64. The number of benzene rings is 2. The highest BCUT2D eigenvalue weighted by atomic mass is 32.2. The Kier molecular flexibility index (Phi) is 8.41. The first-order valence-electron chi connectivity index (χ1n) is 14.1. The summed E-state index contributed by atoms with van der Waals surface area (Å²) >= 11 is 0. The summed E-state index contributed by atoms with van der Waals surface area (Å²) in [6.45, 7) is 0.297. The molecule has 2 heterocycles. The molecule has 4 aromatic rings. The number of rotatable bonds is 9. The van der Waals surface area contributed by atoms with Crippen molar-refractivity contribution in [3.8, 4) is 17.0 Å². The van der Waals surface area contributed by atoms with Crippen molar-refractivity contribution in [2.24, 2.45) is 7.05 Å². The zero-order valence-corrected chi connectivity index (χ0v) is 26.6. The molecule has 2 N–H and O–H groups in total. The Morgan fingerprint density at radius 3 is 2.15 bits per heavy atom. The van der Waals surface area contributed by atoms with Crippen LogP contribution in [-0.2, 0) is 34.0 Å². The van der Waals surface area contributed by atoms with Gasteiger partial charge in [-0.15, -0.1) is 18.3 Å². The highest BCUT2D eigenvalue weighted by molar-refractivity contribution is 7.94. The molecule has 17 heteroatoms. The Morgan fingerprint density at radius 2 is 1.60 bits per heavy atom. The van der Waals surface area contributed by atoms with Gasteiger partial charge in [0.25, 0.3) is 0 Å². The van der Waals surface area contributed by atoms with Gasteiger partial charge in [0.05, 0.1) is 29.1 Å². The molecule has 1 aliphatic carbocycles. The largest absolute Gasteiger partial charge is 0.573 e. The van der Waals surface area contributed by atoms with E-state index in [9.17, 15) is 31.8 Å². The summed E-state index contributed by atoms with van der Waals surface area (Å²) in [4.78, 5) is -0.738. The van der Waals surface area contributed by atoms with Gasteiger partial charge in [-0.3, -0.25) is 4.68 Å². The topological polar surface area (TPSA) is 132 Å². The summed E-state index contributed by atoms with van der Waals surface area (Å²) in [7, 11) is -3.38. The molecule has 10 nitrogen and oxygen atoms in total. The second-order valence-electron chi connectivity index (χ2n) is 11.8. The molecule has 0 saturated carbocycles. The van der Waals surface area contributed by atoms with E-state index < -0.39 is 67.6 Å². The van der Waals surface area contributed by atoms with Gasteiger partial charge in [0.15, 0.2) is 9.84 Å². The second kappa shape index (κ2) is 11.6. The number of alkyl halides is 6. The lowest BCUT2D eigenvalue weighted by atomic mass is 9.70. The van der Waals surface area contributed by atoms with Gasteiger partial charge in [0, 0.05) is 18.9 Å². The van der Waals surface area contributed by atoms with Crippen molar-refractivity contribution >= 4 is 15.4 Å². The molecule has 0 fully saturated rings. The molecule has 0 aliphatic heterocycles. The number of aliphatic hydroxyl groups excluding tert-OH is 1. The minimum Gasteiger partial charge on any atom is -0.406 e. The van der Waals surface area contributed by atoms with E-state index in [2.05, 4.69) is 20.1 Å². The third-order valence-electron chi connectivity index (χ3n) is 8.04. The predicted octanol–water partition coefficient (Wildman–Crippen LogP) is 5.02. The van der Waals surface area contributed by atoms with E-state index in [0.717, 1.165) is 74.4 Å². The summed E-state index contributed by atoms with van der Waals surface area (Å²) in [6.07, 6.45) is -1.13. The first-order valence-corrected chi connectivity index (χ1v) is 16.0. The number of aliphatic hydroxyl groups is 2. The third kappa shape index (κ3) is 5.79. The van der Waals surface area contributed by atoms with Crippen molar-refractivity contribution in [3.05, 3.63) is 101 Å². The predicted molar refractivity (Wildman–Crippen MR) is 161 cm³/mol. The molecule has 0 radical (unpaired) electrons. The van der Waals surface area contributed by atoms with Crippen molar-refractivity contribution in [1.29, 1.82) is 0 Å². The number of nitrogens with zero attached hydrogens (tertiary/aromatic N) is 5. The van der Waals surface area contributed by atoms with Gasteiger partial charge in [0.1, 0.15) is 22.5 Å². The van der Waals surface area contributed by atoms with Crippen LogP contribution in [0, 0.1) is 0 Å². The molecule has 0 spiro atoms. The molecule has 2 aromatic heterocycles. The van der Waals surface area contributed by atoms with Gasteiger partial charge in [-0.25, -0.2) is 17.5 Å². The zero-order valence-electron chi connectivity index (χ0n) is 25.7. The Labute approximate surface area is 270 Å². The number of hydrogen-bond acceptors (Lipinski definition) is 8. The molecule has 2 unspecified atom stereocenters. The lowest BCUT2D eigenvalue weighted by Gasteiger charge is -2.46. The molecule has 5 rings (SSSR count). The number of aromatic nitrogens is 5. The normalized spacial score (nSPS) is 20.8. The summed E-state index contributed by atoms with van der Waals surface area (Å²) < 4.78 is 120. The fraction of sp³-hybridized carbons (Fsp3) is 0.323. The number of allylic oxidation sites excluding steroid dienone is 3. The van der Waals surface area contributed by atoms with Crippen LogP contribution in [0.1, 0.15) is 30.8 Å². The van der Waals surface area contributed by atoms with Gasteiger partial charge in [-0.1, -0.05) is 35.5 Å². The van der Waals surface area contributed by atoms with E-state index >= 15 is 13.2 Å². The Hall–Kier alpha value is -4.48. The molecule has 48 heavy (non-hydrogen) atoms. The summed E-state index contributed by atoms with van der Waals surface area (Å²) in [5.74, 6) is -7.92. The smallest absolute Gasteiger partial charge is 0.406 e. The minimum atomic E-state index is -4.99. The lowest BCUT2D eigenvalue weighted by molar-refractivity contribution is -0.274. The molecule has 1 aliphatic rings. The van der Waals surface area contributed by atoms with Crippen molar-refractivity contribution in [2.75, 3.05) is 12.9 Å². The van der Waals surface area contributed by atoms with Crippen molar-refractivity contribution < 1.29 is 49.7 Å². The van der Waals surface area contributed by atoms with E-state index in [0.29, 0.717) is 16.3 Å². The molecule has 2 atom stereocenters. The first-order chi connectivity index (χ1) is 22.2. The van der Waals surface area contributed by atoms with E-state index in [1.165, 1.54) is 0 Å². The van der Waals surface area contributed by atoms with Crippen molar-refractivity contribution in [3.63, 3.8) is 0 Å². The number of sulfone groups is 1. The fourth-order valence-electron chi connectivity index (χ4n) is 5.68. The quantitative estimate of drug-likeness (QED) is 0.233. The molecule has 2 aromatic carbocycles. The maximum atomic E-state index is 18.7. The summed E-state index contributed by atoms with van der Waals surface area (Å²) in [6, 6.07) is 12.9. The van der Waals surface area contributed by atoms with Crippen LogP contribution in [0.2, 0.25) is 0 Å². The molecule has 256 valence electrons. The number of ether oxygens (including phenoxy) is 1. The van der Waals surface area contributed by atoms with E-state index in [1.807, 2.05) is 0 Å². The van der Waals surface area contributed by atoms with Crippen LogP contribution < -0.4 is 4.74 Å². The van der Waals surface area contributed by atoms with Crippen molar-refractivity contribution in [2.45, 2.75) is 42.9 Å². The first kappa shape index (κ1) is 34.8. The standard InChI is InChI=1S/C31H29F6N5O5S/c1-27(2,44)30(33,34)24-15-25(41(3)39-24)28(18-43)26(48(4,45)46)14-21(19-8-6-5-7-9-19)16-29(28,32)42-23(17-38-40-42)20-10-12-22(13-11-20)47-31(35,36)37/h5-17,43-44H,18H2,1-4H3. The van der Waals surface area contributed by atoms with E-state index in [-0.39, 0.29) is 16.8 Å². The van der Waals surface area contributed by atoms with E-state index in [1.54, 1.807) is 30.3 Å². The SMILES string of the molecule is Cn1nc(C(F)(F)C(C)(C)O)cc1C1(CO)C(S(C)(=O)=O)=CC(c2ccccc2)=CC1(F)n1nncc1-c1ccc(OC(F)(F)F)cc1. The highest BCUT2D eigenvalue weighted by Crippen LogP contribution is 2.55. The van der Waals surface area contributed by atoms with Crippen LogP contribution >= 0.6 is 0 Å². The van der Waals surface area contributed by atoms with Crippen LogP contribution in [0.25, 0.3) is 16.8 Å². The maximum absolute atomic E-state index is 18.7. The Bertz CT molecular complexity index is 2000. The summed E-state index contributed by atoms with van der Waals surface area (Å²) in [5.41, 5.74) is -6.85. The van der Waals surface area contributed by atoms with Gasteiger partial charge < -0.3 is 14.9 Å². The maximum Gasteiger partial charge on any atom is 0.573 e. The van der Waals surface area contributed by atoms with Crippen molar-refractivity contribution in [1.82, 2.24) is 24.8 Å². The number of hydrogen-bond donors (Lipinski definition) is 2. The van der Waals surface area contributed by atoms with E-state index in [4.69, 9.17) is 0 Å². The number of aryl methyl sites for hydroxylation is 1. The lowest BCUT2D eigenvalue weighted by Crippen LogP contribution is -2.57. The zero-order chi connectivity index (χ0) is 35.5. The minimum absolute atomic E-state index is 0.00203. The van der Waals surface area contributed by atoms with Crippen LogP contribution in [-0.4, -0.2) is 68.2 Å². The second-order valence-corrected chi connectivity index (χ2v) is 13.7. The molecular formula is C31H29F6N5O5S. The van der Waals surface area contributed by atoms with Crippen LogP contribution in [0.3, 0.4) is 0 Å². The Balaban J connectivity index is 1.85. The summed E-state index contributed by atoms with van der Waals surface area (Å²) in [5, 5.41) is 32.9. The molecule has 0 bridgehead atoms. The Morgan fingerprint density at radius 1 is 0.979 bits per heavy atom. The van der Waals surface area contributed by atoms with Gasteiger partial charge in [0.2, 0.25) is 5.79 Å². The fourth-order valence-corrected chi connectivity index (χ4v) is 6.97. The van der Waals surface area contributed by atoms with Gasteiger partial charge in [-0.05, 0) is 67.5 Å². The number of halogens is 6. The monoisotopic (exact) mass is 697 g/mol. The average Bonchev–Trinajstić information content (AvgIpc) is 3.64.